The Hall–Kier alpha value is -2.70. The smallest absolute Gasteiger partial charge is 0.230 e. The quantitative estimate of drug-likeness (QED) is 0.670. The van der Waals surface area contributed by atoms with Crippen LogP contribution in [-0.4, -0.2) is 44.6 Å². The van der Waals surface area contributed by atoms with E-state index in [0.717, 1.165) is 54.3 Å². The number of hydrogen-bond acceptors (Lipinski definition) is 4. The molecule has 1 aliphatic heterocycles. The summed E-state index contributed by atoms with van der Waals surface area (Å²) in [6.07, 6.45) is 3.02. The van der Waals surface area contributed by atoms with E-state index in [4.69, 9.17) is 0 Å². The number of amides is 2. The van der Waals surface area contributed by atoms with Gasteiger partial charge in [0.1, 0.15) is 11.6 Å². The van der Waals surface area contributed by atoms with Gasteiger partial charge in [-0.3, -0.25) is 9.59 Å². The van der Waals surface area contributed by atoms with E-state index in [9.17, 15) is 9.59 Å². The van der Waals surface area contributed by atoms with Gasteiger partial charge in [-0.25, -0.2) is 0 Å². The average molecular weight is 454 g/mol. The molecule has 180 valence electrons. The van der Waals surface area contributed by atoms with Crippen molar-refractivity contribution in [3.05, 3.63) is 41.0 Å². The number of anilines is 1. The van der Waals surface area contributed by atoms with Crippen LogP contribution in [0.15, 0.2) is 18.2 Å². The van der Waals surface area contributed by atoms with Gasteiger partial charge >= 0.3 is 0 Å². The maximum atomic E-state index is 13.4. The van der Waals surface area contributed by atoms with E-state index in [0.29, 0.717) is 13.1 Å². The second-order valence-corrected chi connectivity index (χ2v) is 10.6. The Morgan fingerprint density at radius 3 is 2.48 bits per heavy atom. The van der Waals surface area contributed by atoms with Crippen molar-refractivity contribution in [3.8, 4) is 0 Å². The van der Waals surface area contributed by atoms with Gasteiger partial charge in [0.05, 0.1) is 11.8 Å². The van der Waals surface area contributed by atoms with Gasteiger partial charge in [-0.2, -0.15) is 0 Å². The molecule has 0 bridgehead atoms. The number of hydrogen-bond donors (Lipinski definition) is 1. The highest BCUT2D eigenvalue weighted by atomic mass is 16.2. The van der Waals surface area contributed by atoms with Crippen molar-refractivity contribution < 1.29 is 9.59 Å². The van der Waals surface area contributed by atoms with Crippen LogP contribution in [-0.2, 0) is 22.6 Å². The van der Waals surface area contributed by atoms with Crippen molar-refractivity contribution in [2.75, 3.05) is 18.4 Å². The molecule has 0 spiro atoms. The summed E-state index contributed by atoms with van der Waals surface area (Å²) in [6.45, 7) is 16.0. The summed E-state index contributed by atoms with van der Waals surface area (Å²) in [5, 5.41) is 12.1. The lowest BCUT2D eigenvalue weighted by molar-refractivity contribution is -0.128. The standard InChI is InChI=1S/C26H39N5O2/c1-8-31-23(10-9-13-26(5,6)7)28-29-24(31)20-15-30(19(4)32)16-21(20)25(33)27-22-12-11-17(2)14-18(22)3/h11-12,14,20-21H,8-10,13,15-16H2,1-7H3,(H,27,33)/t20-,21-/m0/s1. The number of nitrogens with zero attached hydrogens (tertiary/aromatic N) is 4. The first kappa shape index (κ1) is 24.9. The van der Waals surface area contributed by atoms with Gasteiger partial charge in [-0.15, -0.1) is 10.2 Å². The second-order valence-electron chi connectivity index (χ2n) is 10.6. The lowest BCUT2D eigenvalue weighted by atomic mass is 9.90. The fraction of sp³-hybridized carbons (Fsp3) is 0.615. The van der Waals surface area contributed by atoms with Crippen molar-refractivity contribution in [3.63, 3.8) is 0 Å². The molecular weight excluding hydrogens is 414 g/mol. The lowest BCUT2D eigenvalue weighted by Gasteiger charge is -2.20. The monoisotopic (exact) mass is 453 g/mol. The van der Waals surface area contributed by atoms with Crippen LogP contribution in [0.4, 0.5) is 5.69 Å². The molecule has 0 radical (unpaired) electrons. The molecule has 2 atom stereocenters. The van der Waals surface area contributed by atoms with Crippen molar-refractivity contribution >= 4 is 17.5 Å². The largest absolute Gasteiger partial charge is 0.341 e. The van der Waals surface area contributed by atoms with Crippen LogP contribution in [0, 0.1) is 25.2 Å². The maximum Gasteiger partial charge on any atom is 0.230 e. The summed E-state index contributed by atoms with van der Waals surface area (Å²) < 4.78 is 2.15. The number of aryl methyl sites for hydroxylation is 3. The number of likely N-dealkylation sites (tertiary alicyclic amines) is 1. The molecule has 7 heteroatoms. The molecule has 33 heavy (non-hydrogen) atoms. The molecule has 1 aliphatic rings. The summed E-state index contributed by atoms with van der Waals surface area (Å²) in [5.74, 6) is 1.14. The predicted octanol–water partition coefficient (Wildman–Crippen LogP) is 4.48. The Balaban J connectivity index is 1.84. The number of carbonyl (C=O) groups excluding carboxylic acids is 2. The third-order valence-corrected chi connectivity index (χ3v) is 6.57. The number of carbonyl (C=O) groups is 2. The molecule has 0 saturated carbocycles. The summed E-state index contributed by atoms with van der Waals surface area (Å²) >= 11 is 0. The van der Waals surface area contributed by atoms with E-state index >= 15 is 0 Å². The maximum absolute atomic E-state index is 13.4. The number of benzene rings is 1. The van der Waals surface area contributed by atoms with E-state index < -0.39 is 0 Å². The van der Waals surface area contributed by atoms with E-state index in [1.807, 2.05) is 26.0 Å². The molecule has 1 aromatic heterocycles. The molecule has 1 saturated heterocycles. The van der Waals surface area contributed by atoms with Crippen molar-refractivity contribution in [2.24, 2.45) is 11.3 Å². The molecule has 0 aliphatic carbocycles. The van der Waals surface area contributed by atoms with Crippen molar-refractivity contribution in [2.45, 2.75) is 80.2 Å². The van der Waals surface area contributed by atoms with Crippen LogP contribution in [0.1, 0.15) is 76.2 Å². The van der Waals surface area contributed by atoms with Crippen LogP contribution in [0.3, 0.4) is 0 Å². The normalized spacial score (nSPS) is 18.6. The highest BCUT2D eigenvalue weighted by molar-refractivity contribution is 5.94. The fourth-order valence-electron chi connectivity index (χ4n) is 4.70. The number of aromatic nitrogens is 3. The van der Waals surface area contributed by atoms with Gasteiger partial charge in [0.25, 0.3) is 0 Å². The first-order valence-electron chi connectivity index (χ1n) is 12.1. The van der Waals surface area contributed by atoms with Crippen LogP contribution < -0.4 is 5.32 Å². The fourth-order valence-corrected chi connectivity index (χ4v) is 4.70. The van der Waals surface area contributed by atoms with Gasteiger partial charge in [0, 0.05) is 38.7 Å². The Morgan fingerprint density at radius 1 is 1.15 bits per heavy atom. The average Bonchev–Trinajstić information content (AvgIpc) is 3.33. The minimum Gasteiger partial charge on any atom is -0.341 e. The van der Waals surface area contributed by atoms with Gasteiger partial charge < -0.3 is 14.8 Å². The Morgan fingerprint density at radius 2 is 1.88 bits per heavy atom. The third-order valence-electron chi connectivity index (χ3n) is 6.57. The zero-order valence-corrected chi connectivity index (χ0v) is 21.2. The van der Waals surface area contributed by atoms with Crippen molar-refractivity contribution in [1.29, 1.82) is 0 Å². The molecule has 2 amide bonds. The molecule has 0 unspecified atom stereocenters. The third kappa shape index (κ3) is 6.01. The van der Waals surface area contributed by atoms with Crippen LogP contribution in [0.25, 0.3) is 0 Å². The summed E-state index contributed by atoms with van der Waals surface area (Å²) in [4.78, 5) is 27.3. The summed E-state index contributed by atoms with van der Waals surface area (Å²) in [6, 6.07) is 5.99. The Bertz CT molecular complexity index is 1000. The van der Waals surface area contributed by atoms with E-state index in [1.165, 1.54) is 0 Å². The number of nitrogens with one attached hydrogen (secondary N) is 1. The molecule has 1 fully saturated rings. The molecule has 7 nitrogen and oxygen atoms in total. The minimum absolute atomic E-state index is 0.0187. The SMILES string of the molecule is CCn1c(CCCC(C)(C)C)nnc1[C@H]1CN(C(C)=O)C[C@@H]1C(=O)Nc1ccc(C)cc1C. The Labute approximate surface area is 198 Å². The zero-order chi connectivity index (χ0) is 24.3. The van der Waals surface area contributed by atoms with Gasteiger partial charge in [0.2, 0.25) is 11.8 Å². The molecule has 1 aromatic carbocycles. The lowest BCUT2D eigenvalue weighted by Crippen LogP contribution is -2.31. The summed E-state index contributed by atoms with van der Waals surface area (Å²) in [5.41, 5.74) is 3.27. The van der Waals surface area contributed by atoms with Crippen LogP contribution >= 0.6 is 0 Å². The van der Waals surface area contributed by atoms with Gasteiger partial charge in [0.15, 0.2) is 0 Å². The zero-order valence-electron chi connectivity index (χ0n) is 21.2. The van der Waals surface area contributed by atoms with Gasteiger partial charge in [-0.05, 0) is 50.7 Å². The topological polar surface area (TPSA) is 80.1 Å². The molecule has 3 rings (SSSR count). The molecule has 2 aromatic rings. The highest BCUT2D eigenvalue weighted by Crippen LogP contribution is 2.34. The Kier molecular flexibility index (Phi) is 7.60. The second kappa shape index (κ2) is 10.1. The predicted molar refractivity (Wildman–Crippen MR) is 131 cm³/mol. The van der Waals surface area contributed by atoms with Crippen LogP contribution in [0.5, 0.6) is 0 Å². The molecular formula is C26H39N5O2. The first-order valence-corrected chi connectivity index (χ1v) is 12.1. The van der Waals surface area contributed by atoms with Crippen LogP contribution in [0.2, 0.25) is 0 Å². The van der Waals surface area contributed by atoms with E-state index in [1.54, 1.807) is 11.8 Å². The highest BCUT2D eigenvalue weighted by Gasteiger charge is 2.42. The first-order chi connectivity index (χ1) is 15.5. The molecule has 1 N–H and O–H groups in total. The molecule has 2 heterocycles. The van der Waals surface area contributed by atoms with E-state index in [2.05, 4.69) is 53.8 Å². The van der Waals surface area contributed by atoms with Crippen molar-refractivity contribution in [1.82, 2.24) is 19.7 Å². The minimum atomic E-state index is -0.369. The van der Waals surface area contributed by atoms with Gasteiger partial charge in [-0.1, -0.05) is 38.5 Å². The number of rotatable bonds is 7. The van der Waals surface area contributed by atoms with E-state index in [-0.39, 0.29) is 29.1 Å². The summed E-state index contributed by atoms with van der Waals surface area (Å²) in [7, 11) is 0.